The monoisotopic (exact) mass is 275 g/mol. The van der Waals surface area contributed by atoms with Crippen LogP contribution in [0.1, 0.15) is 24.9 Å². The summed E-state index contributed by atoms with van der Waals surface area (Å²) in [6.45, 7) is 3.82. The highest BCUT2D eigenvalue weighted by molar-refractivity contribution is 6.06. The van der Waals surface area contributed by atoms with Crippen LogP contribution in [0, 0.1) is 0 Å². The lowest BCUT2D eigenvalue weighted by atomic mass is 10.1. The molecule has 0 bridgehead atoms. The third kappa shape index (κ3) is 2.41. The number of carbonyl (C=O) groups is 1. The summed E-state index contributed by atoms with van der Waals surface area (Å²) in [4.78, 5) is 16.1. The van der Waals surface area contributed by atoms with E-state index < -0.39 is 6.04 Å². The predicted octanol–water partition coefficient (Wildman–Crippen LogP) is 0.984. The Labute approximate surface area is 117 Å². The zero-order valence-electron chi connectivity index (χ0n) is 11.3. The molecule has 0 aliphatic carbocycles. The lowest BCUT2D eigenvalue weighted by Crippen LogP contribution is -2.25. The Bertz CT molecular complexity index is 557. The molecular formula is C14H17N3O3. The number of aliphatic imine (C=N–C) groups is 1. The standard InChI is InChI=1S/C14H17N3O3/c1-2-15-14-16-12(13(18)17-14)9-4-5-10-11(8-9)20-7-3-6-19-10/h4-5,8,12H,2-3,6-7H2,1H3,(H2,15,16,17,18). The van der Waals surface area contributed by atoms with Gasteiger partial charge in [0.15, 0.2) is 17.5 Å². The van der Waals surface area contributed by atoms with Crippen LogP contribution in [0.25, 0.3) is 0 Å². The Morgan fingerprint density at radius 3 is 2.90 bits per heavy atom. The normalized spacial score (nSPS) is 23.1. The number of ether oxygens (including phenoxy) is 2. The van der Waals surface area contributed by atoms with E-state index in [-0.39, 0.29) is 5.91 Å². The van der Waals surface area contributed by atoms with Crippen molar-refractivity contribution < 1.29 is 14.3 Å². The van der Waals surface area contributed by atoms with Crippen LogP contribution in [0.2, 0.25) is 0 Å². The molecule has 1 saturated heterocycles. The number of amides is 1. The first-order valence-electron chi connectivity index (χ1n) is 6.79. The molecule has 20 heavy (non-hydrogen) atoms. The van der Waals surface area contributed by atoms with Gasteiger partial charge in [-0.25, -0.2) is 0 Å². The van der Waals surface area contributed by atoms with Gasteiger partial charge in [-0.1, -0.05) is 6.07 Å². The Morgan fingerprint density at radius 2 is 2.10 bits per heavy atom. The average Bonchev–Trinajstić information content (AvgIpc) is 2.68. The molecule has 6 nitrogen and oxygen atoms in total. The van der Waals surface area contributed by atoms with Crippen molar-refractivity contribution in [3.8, 4) is 11.5 Å². The number of hydrogen-bond donors (Lipinski definition) is 2. The smallest absolute Gasteiger partial charge is 0.253 e. The lowest BCUT2D eigenvalue weighted by Gasteiger charge is -2.12. The third-order valence-electron chi connectivity index (χ3n) is 3.21. The molecule has 1 fully saturated rings. The van der Waals surface area contributed by atoms with Crippen LogP contribution in [-0.2, 0) is 4.79 Å². The molecule has 0 spiro atoms. The average molecular weight is 275 g/mol. The van der Waals surface area contributed by atoms with Crippen molar-refractivity contribution in [2.45, 2.75) is 19.4 Å². The van der Waals surface area contributed by atoms with E-state index in [0.29, 0.717) is 31.5 Å². The van der Waals surface area contributed by atoms with Crippen molar-refractivity contribution in [1.82, 2.24) is 10.6 Å². The number of nitrogens with zero attached hydrogens (tertiary/aromatic N) is 1. The fourth-order valence-electron chi connectivity index (χ4n) is 2.26. The predicted molar refractivity (Wildman–Crippen MR) is 74.0 cm³/mol. The number of hydrogen-bond acceptors (Lipinski definition) is 4. The minimum absolute atomic E-state index is 0.105. The summed E-state index contributed by atoms with van der Waals surface area (Å²) in [5.74, 6) is 1.84. The Hall–Kier alpha value is -2.24. The highest BCUT2D eigenvalue weighted by atomic mass is 16.5. The fraction of sp³-hybridized carbons (Fsp3) is 0.429. The lowest BCUT2D eigenvalue weighted by molar-refractivity contribution is -0.120. The first-order chi connectivity index (χ1) is 9.78. The molecular weight excluding hydrogens is 258 g/mol. The van der Waals surface area contributed by atoms with Crippen LogP contribution < -0.4 is 20.1 Å². The van der Waals surface area contributed by atoms with Gasteiger partial charge in [0.1, 0.15) is 6.04 Å². The topological polar surface area (TPSA) is 72.0 Å². The van der Waals surface area contributed by atoms with Gasteiger partial charge in [0.2, 0.25) is 0 Å². The molecule has 1 aromatic carbocycles. The van der Waals surface area contributed by atoms with Gasteiger partial charge >= 0.3 is 0 Å². The van der Waals surface area contributed by atoms with E-state index in [1.807, 2.05) is 25.1 Å². The first kappa shape index (κ1) is 12.8. The highest BCUT2D eigenvalue weighted by Crippen LogP contribution is 2.32. The minimum Gasteiger partial charge on any atom is -0.490 e. The maximum atomic E-state index is 12.0. The molecule has 6 heteroatoms. The summed E-state index contributed by atoms with van der Waals surface area (Å²) in [5.41, 5.74) is 0.841. The van der Waals surface area contributed by atoms with E-state index in [0.717, 1.165) is 17.7 Å². The molecule has 0 radical (unpaired) electrons. The van der Waals surface area contributed by atoms with Crippen LogP contribution in [0.3, 0.4) is 0 Å². The Morgan fingerprint density at radius 1 is 1.30 bits per heavy atom. The van der Waals surface area contributed by atoms with Crippen molar-refractivity contribution in [3.63, 3.8) is 0 Å². The molecule has 0 saturated carbocycles. The molecule has 0 aromatic heterocycles. The molecule has 2 aliphatic heterocycles. The summed E-state index contributed by atoms with van der Waals surface area (Å²) in [5, 5.41) is 5.80. The first-order valence-corrected chi connectivity index (χ1v) is 6.79. The second-order valence-corrected chi connectivity index (χ2v) is 4.65. The van der Waals surface area contributed by atoms with Crippen molar-refractivity contribution in [1.29, 1.82) is 0 Å². The number of carbonyl (C=O) groups excluding carboxylic acids is 1. The molecule has 3 rings (SSSR count). The molecule has 2 N–H and O–H groups in total. The molecule has 1 amide bonds. The summed E-state index contributed by atoms with van der Waals surface area (Å²) in [6, 6.07) is 5.14. The summed E-state index contributed by atoms with van der Waals surface area (Å²) < 4.78 is 11.2. The molecule has 1 aromatic rings. The van der Waals surface area contributed by atoms with Gasteiger partial charge in [-0.05, 0) is 24.6 Å². The molecule has 2 aliphatic rings. The minimum atomic E-state index is -0.433. The van der Waals surface area contributed by atoms with Gasteiger partial charge in [-0.15, -0.1) is 0 Å². The van der Waals surface area contributed by atoms with Gasteiger partial charge in [0.05, 0.1) is 13.2 Å². The van der Waals surface area contributed by atoms with Gasteiger partial charge in [0.25, 0.3) is 5.91 Å². The zero-order chi connectivity index (χ0) is 13.9. The van der Waals surface area contributed by atoms with Crippen LogP contribution in [0.15, 0.2) is 23.2 Å². The number of benzene rings is 1. The van der Waals surface area contributed by atoms with Gasteiger partial charge in [-0.2, -0.15) is 0 Å². The Kier molecular flexibility index (Phi) is 3.45. The summed E-state index contributed by atoms with van der Waals surface area (Å²) in [6.07, 6.45) is 0.861. The SMILES string of the molecule is CCN=C1NC(=O)C(c2ccc3c(c2)OCCCO3)N1. The van der Waals surface area contributed by atoms with E-state index in [4.69, 9.17) is 9.47 Å². The van der Waals surface area contributed by atoms with Crippen LogP contribution in [-0.4, -0.2) is 31.6 Å². The van der Waals surface area contributed by atoms with Crippen LogP contribution in [0.5, 0.6) is 11.5 Å². The molecule has 106 valence electrons. The summed E-state index contributed by atoms with van der Waals surface area (Å²) >= 11 is 0. The third-order valence-corrected chi connectivity index (χ3v) is 3.21. The van der Waals surface area contributed by atoms with Gasteiger partial charge in [-0.3, -0.25) is 15.1 Å². The van der Waals surface area contributed by atoms with E-state index in [2.05, 4.69) is 15.6 Å². The van der Waals surface area contributed by atoms with E-state index in [1.165, 1.54) is 0 Å². The van der Waals surface area contributed by atoms with Crippen LogP contribution in [0.4, 0.5) is 0 Å². The van der Waals surface area contributed by atoms with Gasteiger partial charge < -0.3 is 14.8 Å². The second-order valence-electron chi connectivity index (χ2n) is 4.65. The maximum absolute atomic E-state index is 12.0. The molecule has 1 unspecified atom stereocenters. The van der Waals surface area contributed by atoms with E-state index >= 15 is 0 Å². The van der Waals surface area contributed by atoms with Crippen LogP contribution >= 0.6 is 0 Å². The molecule has 1 atom stereocenters. The zero-order valence-corrected chi connectivity index (χ0v) is 11.3. The number of guanidine groups is 1. The quantitative estimate of drug-likeness (QED) is 0.844. The highest BCUT2D eigenvalue weighted by Gasteiger charge is 2.30. The Balaban J connectivity index is 1.86. The fourth-order valence-corrected chi connectivity index (χ4v) is 2.26. The van der Waals surface area contributed by atoms with Crippen molar-refractivity contribution in [2.75, 3.05) is 19.8 Å². The van der Waals surface area contributed by atoms with E-state index in [9.17, 15) is 4.79 Å². The number of rotatable bonds is 2. The number of fused-ring (bicyclic) bond motifs is 1. The second kappa shape index (κ2) is 5.40. The van der Waals surface area contributed by atoms with E-state index in [1.54, 1.807) is 0 Å². The summed E-state index contributed by atoms with van der Waals surface area (Å²) in [7, 11) is 0. The molecule has 2 heterocycles. The largest absolute Gasteiger partial charge is 0.490 e. The maximum Gasteiger partial charge on any atom is 0.253 e. The van der Waals surface area contributed by atoms with Crippen molar-refractivity contribution >= 4 is 11.9 Å². The van der Waals surface area contributed by atoms with Crippen molar-refractivity contribution in [2.24, 2.45) is 4.99 Å². The van der Waals surface area contributed by atoms with Gasteiger partial charge in [0, 0.05) is 13.0 Å². The number of nitrogens with one attached hydrogen (secondary N) is 2. The van der Waals surface area contributed by atoms with Crippen molar-refractivity contribution in [3.05, 3.63) is 23.8 Å².